The van der Waals surface area contributed by atoms with Crippen molar-refractivity contribution in [2.45, 2.75) is 6.92 Å². The zero-order valence-electron chi connectivity index (χ0n) is 8.13. The minimum atomic E-state index is 0.741. The maximum atomic E-state index is 6.12. The summed E-state index contributed by atoms with van der Waals surface area (Å²) >= 11 is 6.12. The number of hydrogen-bond donors (Lipinski definition) is 1. The van der Waals surface area contributed by atoms with E-state index in [1.54, 1.807) is 6.20 Å². The Bertz CT molecular complexity index is 480. The van der Waals surface area contributed by atoms with E-state index in [1.807, 2.05) is 32.2 Å². The van der Waals surface area contributed by atoms with Gasteiger partial charge in [0.1, 0.15) is 0 Å². The van der Waals surface area contributed by atoms with Crippen LogP contribution >= 0.6 is 11.6 Å². The Morgan fingerprint density at radius 3 is 2.93 bits per heavy atom. The average Bonchev–Trinajstić information content (AvgIpc) is 2.18. The molecule has 1 aromatic heterocycles. The molecule has 0 bridgehead atoms. The van der Waals surface area contributed by atoms with Gasteiger partial charge in [0.15, 0.2) is 0 Å². The first-order valence-corrected chi connectivity index (χ1v) is 4.83. The van der Waals surface area contributed by atoms with E-state index < -0.39 is 0 Å². The summed E-state index contributed by atoms with van der Waals surface area (Å²) in [4.78, 5) is 4.33. The molecule has 0 aliphatic heterocycles. The number of hydrogen-bond acceptors (Lipinski definition) is 2. The van der Waals surface area contributed by atoms with Crippen molar-refractivity contribution in [3.8, 4) is 0 Å². The fourth-order valence-electron chi connectivity index (χ4n) is 1.63. The van der Waals surface area contributed by atoms with Gasteiger partial charge in [0.05, 0.1) is 16.2 Å². The quantitative estimate of drug-likeness (QED) is 0.775. The number of anilines is 1. The summed E-state index contributed by atoms with van der Waals surface area (Å²) in [6, 6.07) is 5.87. The molecule has 0 spiro atoms. The molecular formula is C11H11ClN2. The number of nitrogens with zero attached hydrogens (tertiary/aromatic N) is 1. The van der Waals surface area contributed by atoms with Crippen LogP contribution in [0.25, 0.3) is 10.9 Å². The first-order chi connectivity index (χ1) is 6.74. The maximum Gasteiger partial charge on any atom is 0.0752 e. The Balaban J connectivity index is 2.90. The predicted molar refractivity (Wildman–Crippen MR) is 61.0 cm³/mol. The topological polar surface area (TPSA) is 24.9 Å². The van der Waals surface area contributed by atoms with Crippen LogP contribution in [0.4, 0.5) is 5.69 Å². The van der Waals surface area contributed by atoms with Crippen molar-refractivity contribution in [2.75, 3.05) is 12.4 Å². The number of benzene rings is 1. The lowest BCUT2D eigenvalue weighted by atomic mass is 10.1. The van der Waals surface area contributed by atoms with Crippen molar-refractivity contribution in [3.05, 3.63) is 35.0 Å². The Labute approximate surface area is 87.9 Å². The highest BCUT2D eigenvalue weighted by atomic mass is 35.5. The van der Waals surface area contributed by atoms with Crippen molar-refractivity contribution in [1.29, 1.82) is 0 Å². The van der Waals surface area contributed by atoms with Crippen molar-refractivity contribution in [2.24, 2.45) is 0 Å². The molecule has 0 saturated carbocycles. The lowest BCUT2D eigenvalue weighted by Gasteiger charge is -2.09. The molecule has 0 saturated heterocycles. The molecule has 1 aromatic carbocycles. The Morgan fingerprint density at radius 1 is 1.43 bits per heavy atom. The van der Waals surface area contributed by atoms with Crippen LogP contribution in [-0.2, 0) is 0 Å². The van der Waals surface area contributed by atoms with Crippen LogP contribution in [-0.4, -0.2) is 12.0 Å². The molecule has 2 aromatic rings. The van der Waals surface area contributed by atoms with Crippen molar-refractivity contribution in [3.63, 3.8) is 0 Å². The standard InChI is InChI=1S/C11H11ClN2/c1-7-6-9(12)11(13-2)8-4-3-5-14-10(7)8/h3-6,13H,1-2H3. The zero-order valence-corrected chi connectivity index (χ0v) is 8.89. The summed E-state index contributed by atoms with van der Waals surface area (Å²) < 4.78 is 0. The molecular weight excluding hydrogens is 196 g/mol. The first-order valence-electron chi connectivity index (χ1n) is 4.45. The third-order valence-electron chi connectivity index (χ3n) is 2.28. The second-order valence-corrected chi connectivity index (χ2v) is 3.61. The summed E-state index contributed by atoms with van der Waals surface area (Å²) in [7, 11) is 1.86. The van der Waals surface area contributed by atoms with Crippen molar-refractivity contribution >= 4 is 28.2 Å². The molecule has 2 nitrogen and oxygen atoms in total. The van der Waals surface area contributed by atoms with Crippen LogP contribution in [0.2, 0.25) is 5.02 Å². The lowest BCUT2D eigenvalue weighted by Crippen LogP contribution is -1.93. The van der Waals surface area contributed by atoms with Gasteiger partial charge in [-0.3, -0.25) is 4.98 Å². The summed E-state index contributed by atoms with van der Waals surface area (Å²) in [6.07, 6.45) is 1.79. The second kappa shape index (κ2) is 3.46. The lowest BCUT2D eigenvalue weighted by molar-refractivity contribution is 1.36. The fourth-order valence-corrected chi connectivity index (χ4v) is 1.99. The highest BCUT2D eigenvalue weighted by Crippen LogP contribution is 2.31. The molecule has 1 heterocycles. The van der Waals surface area contributed by atoms with Gasteiger partial charge >= 0.3 is 0 Å². The Morgan fingerprint density at radius 2 is 2.21 bits per heavy atom. The predicted octanol–water partition coefficient (Wildman–Crippen LogP) is 3.24. The molecule has 0 unspecified atom stereocenters. The van der Waals surface area contributed by atoms with Gasteiger partial charge in [-0.15, -0.1) is 0 Å². The van der Waals surface area contributed by atoms with E-state index in [9.17, 15) is 0 Å². The number of pyridine rings is 1. The number of fused-ring (bicyclic) bond motifs is 1. The van der Waals surface area contributed by atoms with Gasteiger partial charge < -0.3 is 5.32 Å². The highest BCUT2D eigenvalue weighted by Gasteiger charge is 2.07. The summed E-state index contributed by atoms with van der Waals surface area (Å²) in [5.74, 6) is 0. The average molecular weight is 207 g/mol. The monoisotopic (exact) mass is 206 g/mol. The Hall–Kier alpha value is -1.28. The molecule has 0 aliphatic carbocycles. The van der Waals surface area contributed by atoms with Gasteiger partial charge in [-0.05, 0) is 30.7 Å². The van der Waals surface area contributed by atoms with Gasteiger partial charge in [-0.2, -0.15) is 0 Å². The number of nitrogens with one attached hydrogen (secondary N) is 1. The van der Waals surface area contributed by atoms with Crippen LogP contribution in [0.5, 0.6) is 0 Å². The molecule has 2 rings (SSSR count). The minimum absolute atomic E-state index is 0.741. The molecule has 3 heteroatoms. The van der Waals surface area contributed by atoms with Crippen molar-refractivity contribution in [1.82, 2.24) is 4.98 Å². The zero-order chi connectivity index (χ0) is 10.1. The van der Waals surface area contributed by atoms with E-state index in [4.69, 9.17) is 11.6 Å². The van der Waals surface area contributed by atoms with E-state index >= 15 is 0 Å². The van der Waals surface area contributed by atoms with Crippen LogP contribution in [0, 0.1) is 6.92 Å². The van der Waals surface area contributed by atoms with Gasteiger partial charge in [0.2, 0.25) is 0 Å². The normalized spacial score (nSPS) is 10.5. The van der Waals surface area contributed by atoms with E-state index in [-0.39, 0.29) is 0 Å². The largest absolute Gasteiger partial charge is 0.386 e. The van der Waals surface area contributed by atoms with Gasteiger partial charge in [0, 0.05) is 18.6 Å². The molecule has 0 amide bonds. The molecule has 14 heavy (non-hydrogen) atoms. The van der Waals surface area contributed by atoms with Crippen molar-refractivity contribution < 1.29 is 0 Å². The van der Waals surface area contributed by atoms with Gasteiger partial charge in [0.25, 0.3) is 0 Å². The van der Waals surface area contributed by atoms with E-state index in [1.165, 1.54) is 0 Å². The summed E-state index contributed by atoms with van der Waals surface area (Å²) in [5.41, 5.74) is 3.05. The van der Waals surface area contributed by atoms with E-state index in [0.29, 0.717) is 0 Å². The second-order valence-electron chi connectivity index (χ2n) is 3.20. The fraction of sp³-hybridized carbons (Fsp3) is 0.182. The first kappa shape index (κ1) is 9.28. The highest BCUT2D eigenvalue weighted by molar-refractivity contribution is 6.35. The summed E-state index contributed by atoms with van der Waals surface area (Å²) in [5, 5.41) is 4.90. The smallest absolute Gasteiger partial charge is 0.0752 e. The molecule has 72 valence electrons. The third kappa shape index (κ3) is 1.32. The molecule has 0 atom stereocenters. The molecule has 0 aliphatic rings. The van der Waals surface area contributed by atoms with Gasteiger partial charge in [-0.1, -0.05) is 11.6 Å². The maximum absolute atomic E-state index is 6.12. The summed E-state index contributed by atoms with van der Waals surface area (Å²) in [6.45, 7) is 2.01. The number of aryl methyl sites for hydroxylation is 1. The minimum Gasteiger partial charge on any atom is -0.386 e. The molecule has 0 fully saturated rings. The van der Waals surface area contributed by atoms with Crippen LogP contribution in [0.1, 0.15) is 5.56 Å². The molecule has 0 radical (unpaired) electrons. The van der Waals surface area contributed by atoms with Crippen LogP contribution in [0.15, 0.2) is 24.4 Å². The van der Waals surface area contributed by atoms with E-state index in [2.05, 4.69) is 10.3 Å². The number of halogens is 1. The van der Waals surface area contributed by atoms with Crippen LogP contribution in [0.3, 0.4) is 0 Å². The third-order valence-corrected chi connectivity index (χ3v) is 2.58. The van der Waals surface area contributed by atoms with Crippen LogP contribution < -0.4 is 5.32 Å². The number of aromatic nitrogens is 1. The SMILES string of the molecule is CNc1c(Cl)cc(C)c2ncccc12. The van der Waals surface area contributed by atoms with Gasteiger partial charge in [-0.25, -0.2) is 0 Å². The Kier molecular flexibility index (Phi) is 2.30. The van der Waals surface area contributed by atoms with E-state index in [0.717, 1.165) is 27.2 Å². The molecule has 1 N–H and O–H groups in total. The number of rotatable bonds is 1.